The summed E-state index contributed by atoms with van der Waals surface area (Å²) in [5, 5.41) is 10.2. The van der Waals surface area contributed by atoms with E-state index in [0.29, 0.717) is 0 Å². The van der Waals surface area contributed by atoms with Gasteiger partial charge in [-0.15, -0.1) is 11.3 Å². The molecule has 0 fully saturated rings. The van der Waals surface area contributed by atoms with E-state index in [1.165, 1.54) is 74.7 Å². The summed E-state index contributed by atoms with van der Waals surface area (Å²) < 4.78 is 2.55. The van der Waals surface area contributed by atoms with E-state index in [4.69, 9.17) is 0 Å². The minimum Gasteiger partial charge on any atom is -0.310 e. The lowest BCUT2D eigenvalue weighted by atomic mass is 9.94. The van der Waals surface area contributed by atoms with E-state index in [1.807, 2.05) is 11.3 Å². The number of fused-ring (bicyclic) bond motifs is 12. The predicted molar refractivity (Wildman–Crippen MR) is 249 cm³/mol. The highest BCUT2D eigenvalue weighted by atomic mass is 32.1. The number of thiophene rings is 1. The second kappa shape index (κ2) is 13.2. The molecule has 272 valence electrons. The van der Waals surface area contributed by atoms with Crippen LogP contribution in [0.4, 0.5) is 34.1 Å². The fraction of sp³-hybridized carbons (Fsp3) is 0.0182. The van der Waals surface area contributed by atoms with Crippen molar-refractivity contribution in [3.63, 3.8) is 0 Å². The second-order valence-electron chi connectivity index (χ2n) is 15.3. The van der Waals surface area contributed by atoms with E-state index in [-0.39, 0.29) is 0 Å². The molecule has 3 heteroatoms. The number of hydrogen-bond donors (Lipinski definition) is 0. The second-order valence-corrected chi connectivity index (χ2v) is 16.4. The van der Waals surface area contributed by atoms with Gasteiger partial charge < -0.3 is 9.80 Å². The molecule has 0 atom stereocenters. The average molecular weight is 757 g/mol. The van der Waals surface area contributed by atoms with Gasteiger partial charge in [-0.2, -0.15) is 0 Å². The van der Waals surface area contributed by atoms with Crippen molar-refractivity contribution in [3.05, 3.63) is 217 Å². The Kier molecular flexibility index (Phi) is 7.51. The molecule has 11 aromatic rings. The summed E-state index contributed by atoms with van der Waals surface area (Å²) in [6.45, 7) is 0. The van der Waals surface area contributed by atoms with Gasteiger partial charge in [-0.25, -0.2) is 0 Å². The largest absolute Gasteiger partial charge is 0.310 e. The molecule has 1 aromatic heterocycles. The lowest BCUT2D eigenvalue weighted by molar-refractivity contribution is 1.25. The van der Waals surface area contributed by atoms with Crippen molar-refractivity contribution in [1.82, 2.24) is 0 Å². The maximum Gasteiger partial charge on any atom is 0.0476 e. The molecule has 0 spiro atoms. The average Bonchev–Trinajstić information content (AvgIpc) is 3.85. The maximum absolute atomic E-state index is 2.46. The number of nitrogens with zero attached hydrogens (tertiary/aromatic N) is 2. The van der Waals surface area contributed by atoms with Crippen LogP contribution in [0, 0.1) is 0 Å². The number of hydrogen-bond acceptors (Lipinski definition) is 3. The lowest BCUT2D eigenvalue weighted by Gasteiger charge is -2.27. The molecule has 1 aliphatic rings. The zero-order valence-electron chi connectivity index (χ0n) is 31.6. The van der Waals surface area contributed by atoms with E-state index >= 15 is 0 Å². The van der Waals surface area contributed by atoms with Crippen LogP contribution in [0.15, 0.2) is 206 Å². The highest BCUT2D eigenvalue weighted by molar-refractivity contribution is 7.25. The summed E-state index contributed by atoms with van der Waals surface area (Å²) in [6.07, 6.45) is 0.975. The van der Waals surface area contributed by atoms with Gasteiger partial charge in [0.25, 0.3) is 0 Å². The molecule has 0 aliphatic heterocycles. The Hall–Kier alpha value is -7.20. The minimum atomic E-state index is 0.975. The number of rotatable bonds is 6. The third-order valence-electron chi connectivity index (χ3n) is 12.0. The Morgan fingerprint density at radius 2 is 0.741 bits per heavy atom. The van der Waals surface area contributed by atoms with Gasteiger partial charge in [-0.05, 0) is 140 Å². The van der Waals surface area contributed by atoms with Crippen LogP contribution in [0.5, 0.6) is 0 Å². The topological polar surface area (TPSA) is 6.48 Å². The highest BCUT2D eigenvalue weighted by Crippen LogP contribution is 2.47. The molecule has 2 nitrogen and oxygen atoms in total. The van der Waals surface area contributed by atoms with Gasteiger partial charge in [0, 0.05) is 54.3 Å². The molecular formula is C55H36N2S. The third-order valence-corrected chi connectivity index (χ3v) is 13.1. The zero-order chi connectivity index (χ0) is 38.2. The Labute approximate surface area is 341 Å². The molecule has 58 heavy (non-hydrogen) atoms. The minimum absolute atomic E-state index is 0.975. The van der Waals surface area contributed by atoms with Gasteiger partial charge in [0.05, 0.1) is 0 Å². The molecular weight excluding hydrogens is 721 g/mol. The van der Waals surface area contributed by atoms with Crippen molar-refractivity contribution >= 4 is 98.0 Å². The van der Waals surface area contributed by atoms with Crippen LogP contribution in [0.1, 0.15) is 11.1 Å². The monoisotopic (exact) mass is 756 g/mol. The Balaban J connectivity index is 1.05. The quantitative estimate of drug-likeness (QED) is 0.156. The molecule has 0 amide bonds. The molecule has 0 radical (unpaired) electrons. The summed E-state index contributed by atoms with van der Waals surface area (Å²) in [6, 6.07) is 75.9. The van der Waals surface area contributed by atoms with Crippen LogP contribution in [-0.4, -0.2) is 0 Å². The summed E-state index contributed by atoms with van der Waals surface area (Å²) in [4.78, 5) is 4.81. The van der Waals surface area contributed by atoms with E-state index in [0.717, 1.165) is 40.5 Å². The molecule has 0 unspecified atom stereocenters. The summed E-state index contributed by atoms with van der Waals surface area (Å²) in [5.41, 5.74) is 12.3. The lowest BCUT2D eigenvalue weighted by Crippen LogP contribution is -2.10. The van der Waals surface area contributed by atoms with E-state index in [1.54, 1.807) is 0 Å². The molecule has 1 heterocycles. The number of benzene rings is 10. The van der Waals surface area contributed by atoms with E-state index in [2.05, 4.69) is 216 Å². The molecule has 0 saturated heterocycles. The number of para-hydroxylation sites is 2. The van der Waals surface area contributed by atoms with Crippen LogP contribution in [-0.2, 0) is 6.42 Å². The molecule has 0 bridgehead atoms. The highest BCUT2D eigenvalue weighted by Gasteiger charge is 2.23. The molecule has 10 aromatic carbocycles. The van der Waals surface area contributed by atoms with E-state index < -0.39 is 0 Å². The third kappa shape index (κ3) is 5.25. The van der Waals surface area contributed by atoms with Gasteiger partial charge in [-0.1, -0.05) is 127 Å². The normalized spacial score (nSPS) is 12.1. The first-order chi connectivity index (χ1) is 28.7. The fourth-order valence-electron chi connectivity index (χ4n) is 9.37. The SMILES string of the molecule is c1ccc(N(c2ccccc2)c2ccc3sc4cc(N(c5ccc6c(c5)-c5ccccc5C6)c5ccc6c7ccccc7c7ccccc7c6c5)ccc4c3c2)cc1. The first-order valence-corrected chi connectivity index (χ1v) is 20.8. The predicted octanol–water partition coefficient (Wildman–Crippen LogP) is 16.0. The number of anilines is 6. The van der Waals surface area contributed by atoms with Crippen LogP contribution >= 0.6 is 11.3 Å². The van der Waals surface area contributed by atoms with Gasteiger partial charge in [0.2, 0.25) is 0 Å². The smallest absolute Gasteiger partial charge is 0.0476 e. The van der Waals surface area contributed by atoms with Crippen LogP contribution < -0.4 is 9.80 Å². The van der Waals surface area contributed by atoms with Crippen molar-refractivity contribution < 1.29 is 0 Å². The van der Waals surface area contributed by atoms with Crippen molar-refractivity contribution in [3.8, 4) is 11.1 Å². The molecule has 1 aliphatic carbocycles. The van der Waals surface area contributed by atoms with Crippen molar-refractivity contribution in [2.24, 2.45) is 0 Å². The Morgan fingerprint density at radius 1 is 0.276 bits per heavy atom. The standard InChI is InChI=1S/C55H36N2S/c1-3-14-38(15-4-1)56(39-16-5-2-6-17-39)42-27-30-54-53(34-42)50-29-26-43(35-55(50)58-54)57(40-24-23-37-31-36-13-7-8-18-44(36)51(37)32-40)41-25-28-49-47-21-10-9-19-45(47)46-20-11-12-22-48(46)52(49)33-41/h1-30,32-35H,31H2. The van der Waals surface area contributed by atoms with Crippen LogP contribution in [0.3, 0.4) is 0 Å². The Morgan fingerprint density at radius 3 is 1.43 bits per heavy atom. The van der Waals surface area contributed by atoms with E-state index in [9.17, 15) is 0 Å². The van der Waals surface area contributed by atoms with Crippen molar-refractivity contribution in [2.75, 3.05) is 9.80 Å². The van der Waals surface area contributed by atoms with Gasteiger partial charge >= 0.3 is 0 Å². The van der Waals surface area contributed by atoms with Crippen LogP contribution in [0.2, 0.25) is 0 Å². The van der Waals surface area contributed by atoms with Gasteiger partial charge in [0.1, 0.15) is 0 Å². The van der Waals surface area contributed by atoms with Gasteiger partial charge in [0.15, 0.2) is 0 Å². The maximum atomic E-state index is 2.46. The summed E-state index contributed by atoms with van der Waals surface area (Å²) in [5.74, 6) is 0. The van der Waals surface area contributed by atoms with Gasteiger partial charge in [-0.3, -0.25) is 0 Å². The van der Waals surface area contributed by atoms with Crippen molar-refractivity contribution in [2.45, 2.75) is 6.42 Å². The fourth-order valence-corrected chi connectivity index (χ4v) is 10.5. The summed E-state index contributed by atoms with van der Waals surface area (Å²) >= 11 is 1.87. The van der Waals surface area contributed by atoms with Crippen molar-refractivity contribution in [1.29, 1.82) is 0 Å². The first kappa shape index (κ1) is 33.0. The Bertz CT molecular complexity index is 3310. The zero-order valence-corrected chi connectivity index (χ0v) is 32.5. The molecule has 0 saturated carbocycles. The molecule has 12 rings (SSSR count). The first-order valence-electron chi connectivity index (χ1n) is 20.0. The van der Waals surface area contributed by atoms with Crippen LogP contribution in [0.25, 0.3) is 63.6 Å². The summed E-state index contributed by atoms with van der Waals surface area (Å²) in [7, 11) is 0. The molecule has 0 N–H and O–H groups in total.